The second-order valence-electron chi connectivity index (χ2n) is 8.73. The number of hydrogen-bond donors (Lipinski definition) is 1. The molecule has 0 saturated heterocycles. The van der Waals surface area contributed by atoms with Gasteiger partial charge in [-0.25, -0.2) is 0 Å². The molecule has 5 atom stereocenters. The number of methoxy groups -OCH3 is 1. The van der Waals surface area contributed by atoms with E-state index in [4.69, 9.17) is 4.74 Å². The third-order valence-corrected chi connectivity index (χ3v) is 7.88. The van der Waals surface area contributed by atoms with Gasteiger partial charge in [0.25, 0.3) is 0 Å². The summed E-state index contributed by atoms with van der Waals surface area (Å²) in [5, 5.41) is 11.9. The average molecular weight is 328 g/mol. The highest BCUT2D eigenvalue weighted by Gasteiger charge is 2.65. The van der Waals surface area contributed by atoms with Crippen molar-refractivity contribution in [1.82, 2.24) is 0 Å². The molecular weight excluding hydrogens is 300 g/mol. The summed E-state index contributed by atoms with van der Waals surface area (Å²) in [5.74, 6) is 1.61. The number of allylic oxidation sites excluding steroid dienone is 4. The van der Waals surface area contributed by atoms with Crippen LogP contribution in [0, 0.1) is 22.7 Å². The number of hydrogen-bond acceptors (Lipinski definition) is 3. The molecule has 4 aliphatic carbocycles. The zero-order valence-electron chi connectivity index (χ0n) is 15.0. The molecule has 0 spiro atoms. The van der Waals surface area contributed by atoms with E-state index in [0.717, 1.165) is 43.4 Å². The molecule has 2 saturated carbocycles. The third kappa shape index (κ3) is 1.74. The molecular formula is C21H28O3. The first-order valence-corrected chi connectivity index (χ1v) is 9.16. The summed E-state index contributed by atoms with van der Waals surface area (Å²) in [7, 11) is 1.72. The summed E-state index contributed by atoms with van der Waals surface area (Å²) in [6.45, 7) is 8.32. The van der Waals surface area contributed by atoms with Crippen LogP contribution in [0.5, 0.6) is 0 Å². The Bertz CT molecular complexity index is 687. The van der Waals surface area contributed by atoms with Crippen molar-refractivity contribution in [2.45, 2.75) is 58.0 Å². The molecule has 0 aromatic rings. The Morgan fingerprint density at radius 1 is 1.25 bits per heavy atom. The van der Waals surface area contributed by atoms with Crippen molar-refractivity contribution in [2.75, 3.05) is 7.11 Å². The molecule has 24 heavy (non-hydrogen) atoms. The van der Waals surface area contributed by atoms with E-state index < -0.39 is 5.60 Å². The monoisotopic (exact) mass is 328 g/mol. The topological polar surface area (TPSA) is 46.5 Å². The van der Waals surface area contributed by atoms with E-state index >= 15 is 0 Å². The highest BCUT2D eigenvalue weighted by Crippen LogP contribution is 2.65. The minimum atomic E-state index is -0.734. The maximum absolute atomic E-state index is 12.7. The van der Waals surface area contributed by atoms with Crippen LogP contribution in [0.2, 0.25) is 0 Å². The van der Waals surface area contributed by atoms with E-state index in [1.165, 1.54) is 5.57 Å². The van der Waals surface area contributed by atoms with Crippen molar-refractivity contribution in [2.24, 2.45) is 22.7 Å². The van der Waals surface area contributed by atoms with Crippen LogP contribution in [0.3, 0.4) is 0 Å². The Kier molecular flexibility index (Phi) is 3.26. The summed E-state index contributed by atoms with van der Waals surface area (Å²) in [5.41, 5.74) is 0.680. The standard InChI is InChI=1S/C21H28O3/c1-13-11-17-16-6-5-14-12-15(24-4)7-8-20(14,3)21(16,23)10-9-19(17,2)18(13)22/h5,12,16-17,23H,1,6-11H2,2-4H3/t16-,17-,19-,20-,21+/m0/s1. The van der Waals surface area contributed by atoms with Crippen molar-refractivity contribution < 1.29 is 14.6 Å². The van der Waals surface area contributed by atoms with E-state index in [2.05, 4.69) is 32.6 Å². The first kappa shape index (κ1) is 16.1. The molecule has 0 radical (unpaired) electrons. The molecule has 2 fully saturated rings. The Morgan fingerprint density at radius 3 is 2.71 bits per heavy atom. The Hall–Kier alpha value is -1.35. The van der Waals surface area contributed by atoms with E-state index in [1.54, 1.807) is 7.11 Å². The van der Waals surface area contributed by atoms with Gasteiger partial charge in [-0.3, -0.25) is 4.79 Å². The van der Waals surface area contributed by atoms with E-state index in [9.17, 15) is 9.90 Å². The lowest BCUT2D eigenvalue weighted by Gasteiger charge is -2.60. The number of fused-ring (bicyclic) bond motifs is 5. The minimum Gasteiger partial charge on any atom is -0.501 e. The molecule has 130 valence electrons. The van der Waals surface area contributed by atoms with Crippen LogP contribution in [0.4, 0.5) is 0 Å². The zero-order chi connectivity index (χ0) is 17.3. The molecule has 0 bridgehead atoms. The molecule has 0 unspecified atom stereocenters. The second kappa shape index (κ2) is 4.85. The molecule has 0 aliphatic heterocycles. The molecule has 4 rings (SSSR count). The van der Waals surface area contributed by atoms with Gasteiger partial charge in [-0.15, -0.1) is 0 Å². The van der Waals surface area contributed by atoms with Gasteiger partial charge in [0.15, 0.2) is 5.78 Å². The fourth-order valence-electron chi connectivity index (χ4n) is 6.14. The number of ether oxygens (including phenoxy) is 1. The number of ketones is 1. The first-order chi connectivity index (χ1) is 11.3. The zero-order valence-corrected chi connectivity index (χ0v) is 15.0. The summed E-state index contributed by atoms with van der Waals surface area (Å²) >= 11 is 0. The maximum Gasteiger partial charge on any atom is 0.164 e. The van der Waals surface area contributed by atoms with Crippen LogP contribution in [-0.2, 0) is 9.53 Å². The van der Waals surface area contributed by atoms with Crippen LogP contribution >= 0.6 is 0 Å². The quantitative estimate of drug-likeness (QED) is 0.742. The van der Waals surface area contributed by atoms with Gasteiger partial charge in [0.1, 0.15) is 0 Å². The lowest BCUT2D eigenvalue weighted by molar-refractivity contribution is -0.178. The lowest BCUT2D eigenvalue weighted by atomic mass is 9.46. The highest BCUT2D eigenvalue weighted by atomic mass is 16.5. The van der Waals surface area contributed by atoms with Gasteiger partial charge in [0, 0.05) is 17.3 Å². The molecule has 4 aliphatic rings. The molecule has 0 aromatic carbocycles. The summed E-state index contributed by atoms with van der Waals surface area (Å²) in [6.07, 6.45) is 9.26. The fraction of sp³-hybridized carbons (Fsp3) is 0.667. The molecule has 3 nitrogen and oxygen atoms in total. The van der Waals surface area contributed by atoms with Crippen LogP contribution in [-0.4, -0.2) is 23.6 Å². The predicted octanol–water partition coefficient (Wildman–Crippen LogP) is 3.94. The predicted molar refractivity (Wildman–Crippen MR) is 93.2 cm³/mol. The smallest absolute Gasteiger partial charge is 0.164 e. The normalized spacial score (nSPS) is 47.3. The first-order valence-electron chi connectivity index (χ1n) is 9.16. The van der Waals surface area contributed by atoms with Crippen LogP contribution in [0.1, 0.15) is 52.4 Å². The van der Waals surface area contributed by atoms with Gasteiger partial charge in [-0.1, -0.05) is 26.5 Å². The molecule has 3 heteroatoms. The van der Waals surface area contributed by atoms with E-state index in [0.29, 0.717) is 6.42 Å². The second-order valence-corrected chi connectivity index (χ2v) is 8.73. The van der Waals surface area contributed by atoms with E-state index in [-0.39, 0.29) is 28.4 Å². The van der Waals surface area contributed by atoms with E-state index in [1.807, 2.05) is 0 Å². The average Bonchev–Trinajstić information content (AvgIpc) is 2.79. The number of carbonyl (C=O) groups is 1. The van der Waals surface area contributed by atoms with Crippen LogP contribution in [0.25, 0.3) is 0 Å². The maximum atomic E-state index is 12.7. The SMILES string of the molecule is C=C1C[C@H]2[C@@H]3CC=C4C=C(OC)CC[C@]4(C)[C@@]3(O)CC[C@]2(C)C1=O. The fourth-order valence-corrected chi connectivity index (χ4v) is 6.14. The van der Waals surface area contributed by atoms with Gasteiger partial charge < -0.3 is 9.84 Å². The summed E-state index contributed by atoms with van der Waals surface area (Å²) < 4.78 is 5.45. The number of Topliss-reactive ketones (excluding diaryl/α,β-unsaturated/α-hetero) is 1. The van der Waals surface area contributed by atoms with Crippen molar-refractivity contribution in [1.29, 1.82) is 0 Å². The number of carbonyl (C=O) groups excluding carboxylic acids is 1. The van der Waals surface area contributed by atoms with Crippen molar-refractivity contribution in [3.63, 3.8) is 0 Å². The summed E-state index contributed by atoms with van der Waals surface area (Å²) in [4.78, 5) is 12.7. The molecule has 0 aromatic heterocycles. The Balaban J connectivity index is 1.79. The van der Waals surface area contributed by atoms with Crippen LogP contribution in [0.15, 0.2) is 35.6 Å². The van der Waals surface area contributed by atoms with Crippen LogP contribution < -0.4 is 0 Å². The van der Waals surface area contributed by atoms with Gasteiger partial charge in [0.2, 0.25) is 0 Å². The molecule has 0 amide bonds. The Morgan fingerprint density at radius 2 is 2.00 bits per heavy atom. The van der Waals surface area contributed by atoms with Crippen molar-refractivity contribution in [3.8, 4) is 0 Å². The minimum absolute atomic E-state index is 0.144. The molecule has 0 heterocycles. The number of aliphatic hydroxyl groups is 1. The van der Waals surface area contributed by atoms with Gasteiger partial charge in [-0.2, -0.15) is 0 Å². The lowest BCUT2D eigenvalue weighted by Crippen LogP contribution is -2.62. The Labute approximate surface area is 144 Å². The number of rotatable bonds is 1. The molecule has 1 N–H and O–H groups in total. The largest absolute Gasteiger partial charge is 0.501 e. The van der Waals surface area contributed by atoms with Gasteiger partial charge in [0.05, 0.1) is 18.5 Å². The van der Waals surface area contributed by atoms with Gasteiger partial charge >= 0.3 is 0 Å². The summed E-state index contributed by atoms with van der Waals surface area (Å²) in [6, 6.07) is 0. The third-order valence-electron chi connectivity index (χ3n) is 7.88. The van der Waals surface area contributed by atoms with Crippen molar-refractivity contribution >= 4 is 5.78 Å². The van der Waals surface area contributed by atoms with Gasteiger partial charge in [-0.05, 0) is 61.2 Å². The highest BCUT2D eigenvalue weighted by molar-refractivity contribution is 6.02. The van der Waals surface area contributed by atoms with Crippen molar-refractivity contribution in [3.05, 3.63) is 35.6 Å².